The highest BCUT2D eigenvalue weighted by Gasteiger charge is 2.48. The Morgan fingerprint density at radius 2 is 1.50 bits per heavy atom. The molecule has 4 atom stereocenters. The molecule has 1 aliphatic heterocycles. The number of nitrogens with zero attached hydrogens (tertiary/aromatic N) is 4. The standard InChI is InChI=1S/C35H36N4O7/c1-5-19-38-21-37-32-29(33(38)41)36-22-39(32)34-31(44-4)30(40)28(46-34)20-45-35(23-9-7-6-8-10-23,24-11-15-26(42-2)16-12-24)25-13-17-27(43-3)18-14-25/h5-18,21-22,28,30-31,34,40H,1,19-20H2,2-4H3/t28-,30-,31-,34-/m1/s1. The summed E-state index contributed by atoms with van der Waals surface area (Å²) in [6.45, 7) is 3.98. The molecule has 0 saturated carbocycles. The number of fused-ring (bicyclic) bond motifs is 1. The lowest BCUT2D eigenvalue weighted by atomic mass is 9.80. The van der Waals surface area contributed by atoms with E-state index in [1.54, 1.807) is 24.9 Å². The van der Waals surface area contributed by atoms with E-state index in [9.17, 15) is 9.90 Å². The predicted molar refractivity (Wildman–Crippen MR) is 171 cm³/mol. The lowest BCUT2D eigenvalue weighted by Crippen LogP contribution is -2.40. The number of allylic oxidation sites excluding steroid dienone is 1. The number of rotatable bonds is 12. The van der Waals surface area contributed by atoms with Crippen molar-refractivity contribution in [2.45, 2.75) is 36.7 Å². The first-order chi connectivity index (χ1) is 22.4. The van der Waals surface area contributed by atoms with Gasteiger partial charge in [-0.25, -0.2) is 9.97 Å². The highest BCUT2D eigenvalue weighted by Crippen LogP contribution is 2.43. The maximum atomic E-state index is 13.0. The summed E-state index contributed by atoms with van der Waals surface area (Å²) in [6.07, 6.45) is 1.03. The normalized spacial score (nSPS) is 19.7. The Morgan fingerprint density at radius 3 is 2.07 bits per heavy atom. The number of benzene rings is 3. The van der Waals surface area contributed by atoms with Crippen molar-refractivity contribution < 1.29 is 28.8 Å². The van der Waals surface area contributed by atoms with Crippen LogP contribution in [-0.2, 0) is 26.4 Å². The summed E-state index contributed by atoms with van der Waals surface area (Å²) in [5.41, 5.74) is 1.65. The monoisotopic (exact) mass is 624 g/mol. The predicted octanol–water partition coefficient (Wildman–Crippen LogP) is 4.08. The molecule has 3 heterocycles. The molecule has 1 saturated heterocycles. The van der Waals surface area contributed by atoms with Gasteiger partial charge in [-0.1, -0.05) is 60.7 Å². The minimum Gasteiger partial charge on any atom is -0.497 e. The molecule has 0 spiro atoms. The van der Waals surface area contributed by atoms with Crippen molar-refractivity contribution in [2.75, 3.05) is 27.9 Å². The fourth-order valence-electron chi connectivity index (χ4n) is 6.02. The molecular weight excluding hydrogens is 588 g/mol. The van der Waals surface area contributed by atoms with Crippen LogP contribution in [0.4, 0.5) is 0 Å². The second kappa shape index (κ2) is 13.3. The Balaban J connectivity index is 1.39. The van der Waals surface area contributed by atoms with E-state index in [2.05, 4.69) is 16.5 Å². The first kappa shape index (κ1) is 31.2. The summed E-state index contributed by atoms with van der Waals surface area (Å²) in [6, 6.07) is 25.3. The van der Waals surface area contributed by atoms with Gasteiger partial charge in [0.2, 0.25) is 0 Å². The van der Waals surface area contributed by atoms with E-state index in [-0.39, 0.29) is 17.7 Å². The molecule has 1 fully saturated rings. The first-order valence-electron chi connectivity index (χ1n) is 14.8. The van der Waals surface area contributed by atoms with Crippen LogP contribution in [0.2, 0.25) is 0 Å². The van der Waals surface area contributed by atoms with Crippen molar-refractivity contribution in [2.24, 2.45) is 0 Å². The summed E-state index contributed by atoms with van der Waals surface area (Å²) < 4.78 is 33.1. The van der Waals surface area contributed by atoms with Crippen LogP contribution in [0.25, 0.3) is 11.2 Å². The van der Waals surface area contributed by atoms with Gasteiger partial charge in [-0.2, -0.15) is 0 Å². The molecule has 11 heteroatoms. The molecule has 238 valence electrons. The Kier molecular flexibility index (Phi) is 9.00. The topological polar surface area (TPSA) is 119 Å². The molecule has 5 aromatic rings. The van der Waals surface area contributed by atoms with Gasteiger partial charge in [0.05, 0.1) is 27.2 Å². The van der Waals surface area contributed by atoms with Gasteiger partial charge < -0.3 is 28.8 Å². The molecule has 0 aliphatic carbocycles. The fraction of sp³-hybridized carbons (Fsp3) is 0.286. The highest BCUT2D eigenvalue weighted by molar-refractivity contribution is 5.69. The zero-order valence-electron chi connectivity index (χ0n) is 25.9. The maximum absolute atomic E-state index is 13.0. The number of aromatic nitrogens is 4. The third-order valence-corrected chi connectivity index (χ3v) is 8.37. The molecule has 6 rings (SSSR count). The van der Waals surface area contributed by atoms with E-state index < -0.39 is 30.1 Å². The molecule has 0 bridgehead atoms. The van der Waals surface area contributed by atoms with E-state index in [1.165, 1.54) is 24.3 Å². The largest absolute Gasteiger partial charge is 0.497 e. The lowest BCUT2D eigenvalue weighted by molar-refractivity contribution is -0.0948. The highest BCUT2D eigenvalue weighted by atomic mass is 16.6. The summed E-state index contributed by atoms with van der Waals surface area (Å²) in [7, 11) is 4.74. The molecule has 3 aromatic carbocycles. The van der Waals surface area contributed by atoms with Crippen molar-refractivity contribution in [3.63, 3.8) is 0 Å². The van der Waals surface area contributed by atoms with E-state index >= 15 is 0 Å². The SMILES string of the molecule is C=CCn1cnc2c(ncn2[C@@H]2O[C@H](COC(c3ccccc3)(c3ccc(OC)cc3)c3ccc(OC)cc3)[C@@H](O)[C@H]2OC)c1=O. The van der Waals surface area contributed by atoms with Crippen LogP contribution in [0.3, 0.4) is 0 Å². The summed E-state index contributed by atoms with van der Waals surface area (Å²) in [4.78, 5) is 21.8. The summed E-state index contributed by atoms with van der Waals surface area (Å²) in [5, 5.41) is 11.5. The van der Waals surface area contributed by atoms with E-state index in [0.717, 1.165) is 16.7 Å². The first-order valence-corrected chi connectivity index (χ1v) is 14.8. The van der Waals surface area contributed by atoms with Gasteiger partial charge in [-0.05, 0) is 41.0 Å². The molecule has 11 nitrogen and oxygen atoms in total. The Bertz CT molecular complexity index is 1790. The van der Waals surface area contributed by atoms with Gasteiger partial charge in [0, 0.05) is 13.7 Å². The van der Waals surface area contributed by atoms with E-state index in [0.29, 0.717) is 23.7 Å². The minimum atomic E-state index is -1.11. The van der Waals surface area contributed by atoms with Gasteiger partial charge in [0.25, 0.3) is 5.56 Å². The zero-order valence-corrected chi connectivity index (χ0v) is 25.9. The lowest BCUT2D eigenvalue weighted by Gasteiger charge is -2.37. The summed E-state index contributed by atoms with van der Waals surface area (Å²) >= 11 is 0. The second-order valence-corrected chi connectivity index (χ2v) is 10.9. The number of methoxy groups -OCH3 is 3. The molecule has 0 radical (unpaired) electrons. The Labute approximate surface area is 266 Å². The van der Waals surface area contributed by atoms with Crippen LogP contribution in [0.15, 0.2) is 109 Å². The van der Waals surface area contributed by atoms with Crippen molar-refractivity contribution in [1.82, 2.24) is 19.1 Å². The van der Waals surface area contributed by atoms with Gasteiger partial charge in [-0.3, -0.25) is 13.9 Å². The number of imidazole rings is 1. The molecule has 46 heavy (non-hydrogen) atoms. The van der Waals surface area contributed by atoms with Gasteiger partial charge in [0.15, 0.2) is 17.4 Å². The van der Waals surface area contributed by atoms with Crippen LogP contribution in [-0.4, -0.2) is 70.5 Å². The molecule has 1 aliphatic rings. The average Bonchev–Trinajstić information content (AvgIpc) is 3.68. The zero-order chi connectivity index (χ0) is 32.3. The van der Waals surface area contributed by atoms with Crippen molar-refractivity contribution >= 4 is 11.2 Å². The van der Waals surface area contributed by atoms with Crippen LogP contribution < -0.4 is 15.0 Å². The average molecular weight is 625 g/mol. The van der Waals surface area contributed by atoms with Gasteiger partial charge >= 0.3 is 0 Å². The van der Waals surface area contributed by atoms with E-state index in [4.69, 9.17) is 23.7 Å². The number of hydrogen-bond acceptors (Lipinski definition) is 9. The molecule has 2 aromatic heterocycles. The number of ether oxygens (including phenoxy) is 5. The molecule has 0 unspecified atom stereocenters. The molecular formula is C35H36N4O7. The van der Waals surface area contributed by atoms with Crippen LogP contribution >= 0.6 is 0 Å². The molecule has 1 N–H and O–H groups in total. The minimum absolute atomic E-state index is 0.0172. The second-order valence-electron chi connectivity index (χ2n) is 10.9. The van der Waals surface area contributed by atoms with Gasteiger partial charge in [-0.15, -0.1) is 6.58 Å². The van der Waals surface area contributed by atoms with Crippen molar-refractivity contribution in [3.8, 4) is 11.5 Å². The van der Waals surface area contributed by atoms with Crippen molar-refractivity contribution in [1.29, 1.82) is 0 Å². The fourth-order valence-corrected chi connectivity index (χ4v) is 6.02. The van der Waals surface area contributed by atoms with Gasteiger partial charge in [0.1, 0.15) is 41.7 Å². The third kappa shape index (κ3) is 5.47. The summed E-state index contributed by atoms with van der Waals surface area (Å²) in [5.74, 6) is 1.41. The Hall–Kier alpha value is -4.81. The van der Waals surface area contributed by atoms with Crippen molar-refractivity contribution in [3.05, 3.63) is 131 Å². The maximum Gasteiger partial charge on any atom is 0.281 e. The Morgan fingerprint density at radius 1 is 0.891 bits per heavy atom. The van der Waals surface area contributed by atoms with Crippen LogP contribution in [0.1, 0.15) is 22.9 Å². The van der Waals surface area contributed by atoms with Crippen LogP contribution in [0.5, 0.6) is 11.5 Å². The number of aliphatic hydroxyl groups is 1. The molecule has 0 amide bonds. The third-order valence-electron chi connectivity index (χ3n) is 8.37. The number of aliphatic hydroxyl groups excluding tert-OH is 1. The quantitative estimate of drug-likeness (QED) is 0.162. The smallest absolute Gasteiger partial charge is 0.281 e. The van der Waals surface area contributed by atoms with E-state index in [1.807, 2.05) is 78.9 Å². The van der Waals surface area contributed by atoms with Crippen LogP contribution in [0, 0.1) is 0 Å². The number of hydrogen-bond donors (Lipinski definition) is 1.